The van der Waals surface area contributed by atoms with Crippen LogP contribution >= 0.6 is 0 Å². The molecule has 2 aromatic carbocycles. The van der Waals surface area contributed by atoms with Crippen LogP contribution in [0.1, 0.15) is 54.9 Å². The van der Waals surface area contributed by atoms with Crippen LogP contribution in [0.5, 0.6) is 5.75 Å². The fourth-order valence-electron chi connectivity index (χ4n) is 4.68. The molecule has 1 fully saturated rings. The molecule has 0 unspecified atom stereocenters. The molecule has 2 heterocycles. The van der Waals surface area contributed by atoms with Gasteiger partial charge in [-0.3, -0.25) is 14.4 Å². The summed E-state index contributed by atoms with van der Waals surface area (Å²) in [6.07, 6.45) is 1.92. The average Bonchev–Trinajstić information content (AvgIpc) is 2.85. The lowest BCUT2D eigenvalue weighted by Crippen LogP contribution is -2.53. The summed E-state index contributed by atoms with van der Waals surface area (Å²) >= 11 is 0. The molecule has 3 amide bonds. The summed E-state index contributed by atoms with van der Waals surface area (Å²) in [5.74, 6) is -0.400. The van der Waals surface area contributed by atoms with Crippen molar-refractivity contribution in [3.8, 4) is 5.75 Å². The number of likely N-dealkylation sites (N-methyl/N-ethyl adjacent to an activating group) is 1. The fraction of sp³-hybridized carbons (Fsp3) is 0.444. The number of halogens is 1. The molecule has 192 valence electrons. The molecule has 0 radical (unpaired) electrons. The van der Waals surface area contributed by atoms with Crippen molar-refractivity contribution >= 4 is 23.4 Å². The normalized spacial score (nSPS) is 21.4. The third-order valence-corrected chi connectivity index (χ3v) is 6.56. The summed E-state index contributed by atoms with van der Waals surface area (Å²) in [4.78, 5) is 39.4. The smallest absolute Gasteiger partial charge is 0.257 e. The molecule has 0 bridgehead atoms. The number of carbonyl (C=O) groups is 3. The van der Waals surface area contributed by atoms with Gasteiger partial charge in [0.15, 0.2) is 0 Å². The van der Waals surface area contributed by atoms with Crippen LogP contribution in [0.15, 0.2) is 42.5 Å². The van der Waals surface area contributed by atoms with Crippen LogP contribution in [-0.2, 0) is 20.9 Å². The number of rotatable bonds is 7. The van der Waals surface area contributed by atoms with E-state index in [9.17, 15) is 18.8 Å². The van der Waals surface area contributed by atoms with Crippen molar-refractivity contribution in [2.45, 2.75) is 63.8 Å². The molecule has 4 rings (SSSR count). The highest BCUT2D eigenvalue weighted by Crippen LogP contribution is 2.32. The van der Waals surface area contributed by atoms with Gasteiger partial charge in [-0.05, 0) is 55.2 Å². The molecular formula is C27H32FN3O5. The summed E-state index contributed by atoms with van der Waals surface area (Å²) in [7, 11) is 1.74. The van der Waals surface area contributed by atoms with Gasteiger partial charge in [-0.15, -0.1) is 0 Å². The number of nitrogens with zero attached hydrogens (tertiary/aromatic N) is 1. The zero-order valence-corrected chi connectivity index (χ0v) is 20.6. The Hall–Kier alpha value is -3.46. The Labute approximate surface area is 210 Å². The van der Waals surface area contributed by atoms with E-state index in [0.29, 0.717) is 41.8 Å². The largest absolute Gasteiger partial charge is 0.490 e. The second-order valence-electron chi connectivity index (χ2n) is 9.29. The van der Waals surface area contributed by atoms with Gasteiger partial charge in [0.1, 0.15) is 24.3 Å². The summed E-state index contributed by atoms with van der Waals surface area (Å²) < 4.78 is 25.5. The highest BCUT2D eigenvalue weighted by atomic mass is 19.1. The van der Waals surface area contributed by atoms with E-state index >= 15 is 0 Å². The lowest BCUT2D eigenvalue weighted by Gasteiger charge is -2.42. The zero-order valence-electron chi connectivity index (χ0n) is 20.6. The quantitative estimate of drug-likeness (QED) is 0.609. The predicted molar refractivity (Wildman–Crippen MR) is 132 cm³/mol. The molecule has 0 aromatic heterocycles. The maximum absolute atomic E-state index is 13.3. The van der Waals surface area contributed by atoms with E-state index in [4.69, 9.17) is 9.47 Å². The van der Waals surface area contributed by atoms with Gasteiger partial charge >= 0.3 is 0 Å². The molecule has 1 saturated heterocycles. The summed E-state index contributed by atoms with van der Waals surface area (Å²) in [6, 6.07) is 11.0. The summed E-state index contributed by atoms with van der Waals surface area (Å²) in [5, 5.41) is 5.63. The molecule has 2 aromatic rings. The van der Waals surface area contributed by atoms with Crippen molar-refractivity contribution in [2.24, 2.45) is 0 Å². The van der Waals surface area contributed by atoms with Gasteiger partial charge in [-0.2, -0.15) is 0 Å². The van der Waals surface area contributed by atoms with Crippen molar-refractivity contribution in [1.29, 1.82) is 0 Å². The van der Waals surface area contributed by atoms with Crippen LogP contribution in [-0.4, -0.2) is 54.5 Å². The number of benzene rings is 2. The predicted octanol–water partition coefficient (Wildman–Crippen LogP) is 3.65. The number of nitrogens with one attached hydrogen (secondary N) is 2. The van der Waals surface area contributed by atoms with E-state index in [-0.39, 0.29) is 61.4 Å². The summed E-state index contributed by atoms with van der Waals surface area (Å²) in [5.41, 5.74) is 1.64. The van der Waals surface area contributed by atoms with E-state index in [1.54, 1.807) is 42.3 Å². The van der Waals surface area contributed by atoms with Crippen LogP contribution in [0.4, 0.5) is 10.1 Å². The molecule has 2 aliphatic heterocycles. The third kappa shape index (κ3) is 6.20. The maximum atomic E-state index is 13.3. The van der Waals surface area contributed by atoms with Crippen LogP contribution < -0.4 is 15.4 Å². The Balaban J connectivity index is 1.37. The molecule has 2 N–H and O–H groups in total. The van der Waals surface area contributed by atoms with Gasteiger partial charge in [-0.25, -0.2) is 4.39 Å². The van der Waals surface area contributed by atoms with Crippen molar-refractivity contribution in [3.05, 3.63) is 59.4 Å². The van der Waals surface area contributed by atoms with Crippen LogP contribution in [0.25, 0.3) is 0 Å². The van der Waals surface area contributed by atoms with E-state index < -0.39 is 0 Å². The molecule has 0 spiro atoms. The topological polar surface area (TPSA) is 97.0 Å². The molecule has 2 aliphatic rings. The van der Waals surface area contributed by atoms with Crippen molar-refractivity contribution in [1.82, 2.24) is 10.2 Å². The van der Waals surface area contributed by atoms with Gasteiger partial charge in [0.05, 0.1) is 24.1 Å². The first-order valence-electron chi connectivity index (χ1n) is 12.3. The number of amides is 3. The third-order valence-electron chi connectivity index (χ3n) is 6.56. The zero-order chi connectivity index (χ0) is 25.7. The second kappa shape index (κ2) is 11.5. The van der Waals surface area contributed by atoms with Crippen LogP contribution in [0, 0.1) is 5.82 Å². The molecular weight excluding hydrogens is 465 g/mol. The first-order valence-corrected chi connectivity index (χ1v) is 12.3. The minimum Gasteiger partial charge on any atom is -0.490 e. The lowest BCUT2D eigenvalue weighted by atomic mass is 9.94. The Bertz CT molecular complexity index is 1120. The molecule has 9 heteroatoms. The average molecular weight is 498 g/mol. The molecule has 0 saturated carbocycles. The Morgan fingerprint density at radius 1 is 1.14 bits per heavy atom. The van der Waals surface area contributed by atoms with Crippen molar-refractivity contribution in [3.63, 3.8) is 0 Å². The molecule has 0 aliphatic carbocycles. The number of fused-ring (bicyclic) bond motifs is 2. The van der Waals surface area contributed by atoms with Crippen molar-refractivity contribution in [2.75, 3.05) is 19.0 Å². The Morgan fingerprint density at radius 2 is 1.97 bits per heavy atom. The van der Waals surface area contributed by atoms with Gasteiger partial charge in [-0.1, -0.05) is 19.1 Å². The first-order chi connectivity index (χ1) is 17.3. The number of ether oxygens (including phenoxy) is 2. The Kier molecular flexibility index (Phi) is 8.20. The second-order valence-corrected chi connectivity index (χ2v) is 9.29. The van der Waals surface area contributed by atoms with E-state index in [2.05, 4.69) is 10.6 Å². The van der Waals surface area contributed by atoms with E-state index in [1.807, 2.05) is 6.92 Å². The van der Waals surface area contributed by atoms with Crippen LogP contribution in [0.2, 0.25) is 0 Å². The number of hydrogen-bond acceptors (Lipinski definition) is 5. The SMILES string of the molecule is CCCC(=O)Nc1ccc2c(c1)C(=O)N(C)[C@H]1CC[C@@H](CC(=O)NCc3cccc(F)c3)O[C@H]1CO2. The van der Waals surface area contributed by atoms with Crippen molar-refractivity contribution < 1.29 is 28.2 Å². The fourth-order valence-corrected chi connectivity index (χ4v) is 4.68. The van der Waals surface area contributed by atoms with Gasteiger partial charge < -0.3 is 25.0 Å². The highest BCUT2D eigenvalue weighted by Gasteiger charge is 2.39. The highest BCUT2D eigenvalue weighted by molar-refractivity contribution is 5.99. The monoisotopic (exact) mass is 497 g/mol. The molecule has 3 atom stereocenters. The number of hydrogen-bond donors (Lipinski definition) is 2. The molecule has 8 nitrogen and oxygen atoms in total. The summed E-state index contributed by atoms with van der Waals surface area (Å²) in [6.45, 7) is 2.41. The van der Waals surface area contributed by atoms with Gasteiger partial charge in [0.25, 0.3) is 5.91 Å². The number of anilines is 1. The minimum atomic E-state index is -0.384. The maximum Gasteiger partial charge on any atom is 0.257 e. The first kappa shape index (κ1) is 25.6. The molecule has 36 heavy (non-hydrogen) atoms. The van der Waals surface area contributed by atoms with E-state index in [1.165, 1.54) is 12.1 Å². The number of carbonyl (C=O) groups excluding carboxylic acids is 3. The van der Waals surface area contributed by atoms with E-state index in [0.717, 1.165) is 6.42 Å². The Morgan fingerprint density at radius 3 is 2.75 bits per heavy atom. The lowest BCUT2D eigenvalue weighted by molar-refractivity contribution is -0.134. The standard InChI is InChI=1S/C27H32FN3O5/c1-3-5-25(32)30-19-8-11-23-21(13-19)27(34)31(2)22-10-9-20(36-24(22)16-35-23)14-26(33)29-15-17-6-4-7-18(28)12-17/h4,6-8,11-13,20,22,24H,3,5,9-10,14-16H2,1-2H3,(H,29,33)(H,30,32)/t20-,22-,24-/m0/s1. The van der Waals surface area contributed by atoms with Gasteiger partial charge in [0, 0.05) is 25.7 Å². The van der Waals surface area contributed by atoms with Crippen LogP contribution in [0.3, 0.4) is 0 Å². The van der Waals surface area contributed by atoms with Gasteiger partial charge in [0.2, 0.25) is 11.8 Å². The minimum absolute atomic E-state index is 0.100.